The maximum Gasteiger partial charge on any atom is 0.340 e. The van der Waals surface area contributed by atoms with E-state index in [0.29, 0.717) is 18.5 Å². The first kappa shape index (κ1) is 18.4. The van der Waals surface area contributed by atoms with Crippen LogP contribution in [0.15, 0.2) is 42.5 Å². The van der Waals surface area contributed by atoms with Crippen LogP contribution in [-0.4, -0.2) is 30.8 Å². The fourth-order valence-electron chi connectivity index (χ4n) is 2.70. The molecule has 7 heteroatoms. The van der Waals surface area contributed by atoms with Crippen LogP contribution in [0.2, 0.25) is 10.0 Å². The molecule has 2 aromatic rings. The number of carbonyl (C=O) groups is 3. The number of ether oxygens (including phenoxy) is 1. The van der Waals surface area contributed by atoms with Crippen LogP contribution in [0.3, 0.4) is 0 Å². The van der Waals surface area contributed by atoms with E-state index in [1.54, 1.807) is 41.3 Å². The van der Waals surface area contributed by atoms with Crippen LogP contribution in [0.5, 0.6) is 0 Å². The maximum absolute atomic E-state index is 12.2. The molecule has 0 radical (unpaired) electrons. The van der Waals surface area contributed by atoms with Gasteiger partial charge in [0.05, 0.1) is 15.6 Å². The highest BCUT2D eigenvalue weighted by molar-refractivity contribution is 6.43. The molecule has 1 heterocycles. The average Bonchev–Trinajstić information content (AvgIpc) is 3.08. The van der Waals surface area contributed by atoms with Crippen LogP contribution in [0.4, 0.5) is 5.69 Å². The van der Waals surface area contributed by atoms with E-state index >= 15 is 0 Å². The predicted molar refractivity (Wildman–Crippen MR) is 99.1 cm³/mol. The molecule has 2 aromatic carbocycles. The third kappa shape index (κ3) is 3.89. The van der Waals surface area contributed by atoms with Crippen LogP contribution < -0.4 is 4.90 Å². The van der Waals surface area contributed by atoms with Crippen molar-refractivity contribution in [1.82, 2.24) is 0 Å². The van der Waals surface area contributed by atoms with E-state index in [0.717, 1.165) is 12.1 Å². The number of carbonyl (C=O) groups excluding carboxylic acids is 3. The van der Waals surface area contributed by atoms with Gasteiger partial charge in [0.25, 0.3) is 0 Å². The van der Waals surface area contributed by atoms with Gasteiger partial charge in [0.15, 0.2) is 12.4 Å². The van der Waals surface area contributed by atoms with E-state index in [9.17, 15) is 14.4 Å². The van der Waals surface area contributed by atoms with Crippen molar-refractivity contribution >= 4 is 46.5 Å². The zero-order valence-electron chi connectivity index (χ0n) is 13.7. The summed E-state index contributed by atoms with van der Waals surface area (Å²) in [5.74, 6) is -0.989. The van der Waals surface area contributed by atoms with Crippen LogP contribution in [0.1, 0.15) is 33.6 Å². The molecule has 0 atom stereocenters. The lowest BCUT2D eigenvalue weighted by Gasteiger charge is -2.15. The van der Waals surface area contributed by atoms with Gasteiger partial charge < -0.3 is 9.64 Å². The van der Waals surface area contributed by atoms with Crippen LogP contribution in [0, 0.1) is 0 Å². The Morgan fingerprint density at radius 3 is 2.46 bits per heavy atom. The second kappa shape index (κ2) is 7.89. The first-order valence-electron chi connectivity index (χ1n) is 8.02. The number of Topliss-reactive ketones (excluding diaryl/α,β-unsaturated/α-hetero) is 1. The number of esters is 1. The lowest BCUT2D eigenvalue weighted by molar-refractivity contribution is -0.117. The second-order valence-corrected chi connectivity index (χ2v) is 6.58. The number of anilines is 1. The Morgan fingerprint density at radius 1 is 1.08 bits per heavy atom. The van der Waals surface area contributed by atoms with E-state index in [1.165, 1.54) is 6.07 Å². The lowest BCUT2D eigenvalue weighted by atomic mass is 10.1. The molecule has 5 nitrogen and oxygen atoms in total. The quantitative estimate of drug-likeness (QED) is 0.566. The van der Waals surface area contributed by atoms with E-state index in [-0.39, 0.29) is 27.3 Å². The highest BCUT2D eigenvalue weighted by Gasteiger charge is 2.22. The third-order valence-corrected chi connectivity index (χ3v) is 4.90. The summed E-state index contributed by atoms with van der Waals surface area (Å²) in [5.41, 5.74) is 1.26. The van der Waals surface area contributed by atoms with Gasteiger partial charge in [-0.3, -0.25) is 9.59 Å². The highest BCUT2D eigenvalue weighted by atomic mass is 35.5. The Hall–Kier alpha value is -2.37. The molecule has 3 rings (SSSR count). The summed E-state index contributed by atoms with van der Waals surface area (Å²) >= 11 is 11.8. The number of ketones is 1. The van der Waals surface area contributed by atoms with Gasteiger partial charge in [-0.15, -0.1) is 0 Å². The molecule has 1 aliphatic heterocycles. The standard InChI is InChI=1S/C19H15Cl2NO4/c20-15-4-1-3-14(18(15)21)19(25)26-11-16(23)12-6-8-13(9-7-12)22-10-2-5-17(22)24/h1,3-4,6-9H,2,5,10-11H2. The zero-order valence-corrected chi connectivity index (χ0v) is 15.2. The molecule has 134 valence electrons. The van der Waals surface area contributed by atoms with Crippen molar-refractivity contribution in [2.24, 2.45) is 0 Å². The molecule has 0 unspecified atom stereocenters. The fraction of sp³-hybridized carbons (Fsp3) is 0.211. The number of hydrogen-bond acceptors (Lipinski definition) is 4. The molecular weight excluding hydrogens is 377 g/mol. The molecule has 0 saturated carbocycles. The summed E-state index contributed by atoms with van der Waals surface area (Å²) in [5, 5.41) is 0.325. The molecule has 0 spiro atoms. The van der Waals surface area contributed by atoms with Crippen molar-refractivity contribution in [3.63, 3.8) is 0 Å². The minimum Gasteiger partial charge on any atom is -0.454 e. The summed E-state index contributed by atoms with van der Waals surface area (Å²) in [6.07, 6.45) is 1.38. The van der Waals surface area contributed by atoms with Crippen molar-refractivity contribution < 1.29 is 19.1 Å². The number of halogens is 2. The predicted octanol–water partition coefficient (Wildman–Crippen LogP) is 4.16. The van der Waals surface area contributed by atoms with Gasteiger partial charge in [0.2, 0.25) is 5.91 Å². The topological polar surface area (TPSA) is 63.7 Å². The minimum atomic E-state index is -0.717. The van der Waals surface area contributed by atoms with Crippen molar-refractivity contribution in [3.8, 4) is 0 Å². The zero-order chi connectivity index (χ0) is 18.7. The van der Waals surface area contributed by atoms with E-state index in [4.69, 9.17) is 27.9 Å². The molecule has 0 N–H and O–H groups in total. The molecular formula is C19H15Cl2NO4. The first-order chi connectivity index (χ1) is 12.5. The van der Waals surface area contributed by atoms with Crippen LogP contribution >= 0.6 is 23.2 Å². The Balaban J connectivity index is 1.62. The summed E-state index contributed by atoms with van der Waals surface area (Å²) in [6.45, 7) is 0.272. The van der Waals surface area contributed by atoms with Crippen LogP contribution in [0.25, 0.3) is 0 Å². The molecule has 0 aromatic heterocycles. The number of rotatable bonds is 5. The van der Waals surface area contributed by atoms with E-state index in [1.807, 2.05) is 0 Å². The lowest BCUT2D eigenvalue weighted by Crippen LogP contribution is -2.23. The van der Waals surface area contributed by atoms with Gasteiger partial charge in [-0.2, -0.15) is 0 Å². The van der Waals surface area contributed by atoms with Crippen molar-refractivity contribution in [2.75, 3.05) is 18.1 Å². The first-order valence-corrected chi connectivity index (χ1v) is 8.77. The molecule has 1 saturated heterocycles. The average molecular weight is 392 g/mol. The summed E-state index contributed by atoms with van der Waals surface area (Å²) < 4.78 is 5.03. The SMILES string of the molecule is O=C(COC(=O)c1cccc(Cl)c1Cl)c1ccc(N2CCCC2=O)cc1. The molecule has 0 bridgehead atoms. The molecule has 26 heavy (non-hydrogen) atoms. The number of nitrogens with zero attached hydrogens (tertiary/aromatic N) is 1. The van der Waals surface area contributed by atoms with Gasteiger partial charge >= 0.3 is 5.97 Å². The fourth-order valence-corrected chi connectivity index (χ4v) is 3.08. The maximum atomic E-state index is 12.2. The summed E-state index contributed by atoms with van der Waals surface area (Å²) in [7, 11) is 0. The Labute approximate surface area is 160 Å². The monoisotopic (exact) mass is 391 g/mol. The smallest absolute Gasteiger partial charge is 0.340 e. The van der Waals surface area contributed by atoms with Gasteiger partial charge in [-0.25, -0.2) is 4.79 Å². The number of benzene rings is 2. The summed E-state index contributed by atoms with van der Waals surface area (Å²) in [4.78, 5) is 37.7. The van der Waals surface area contributed by atoms with E-state index in [2.05, 4.69) is 0 Å². The minimum absolute atomic E-state index is 0.0800. The van der Waals surface area contributed by atoms with Crippen molar-refractivity contribution in [3.05, 3.63) is 63.6 Å². The normalized spacial score (nSPS) is 13.8. The van der Waals surface area contributed by atoms with Crippen LogP contribution in [-0.2, 0) is 9.53 Å². The van der Waals surface area contributed by atoms with Gasteiger partial charge in [0, 0.05) is 24.2 Å². The largest absolute Gasteiger partial charge is 0.454 e. The van der Waals surface area contributed by atoms with Gasteiger partial charge in [-0.05, 0) is 42.8 Å². The van der Waals surface area contributed by atoms with Gasteiger partial charge in [0.1, 0.15) is 0 Å². The molecule has 1 amide bonds. The van der Waals surface area contributed by atoms with Crippen molar-refractivity contribution in [2.45, 2.75) is 12.8 Å². The molecule has 1 aliphatic rings. The second-order valence-electron chi connectivity index (χ2n) is 5.80. The summed E-state index contributed by atoms with van der Waals surface area (Å²) in [6, 6.07) is 11.3. The number of hydrogen-bond donors (Lipinski definition) is 0. The molecule has 1 fully saturated rings. The Kier molecular flexibility index (Phi) is 5.59. The highest BCUT2D eigenvalue weighted by Crippen LogP contribution is 2.26. The van der Waals surface area contributed by atoms with Gasteiger partial charge in [-0.1, -0.05) is 29.3 Å². The Morgan fingerprint density at radius 2 is 1.81 bits per heavy atom. The van der Waals surface area contributed by atoms with E-state index < -0.39 is 12.6 Å². The Bertz CT molecular complexity index is 864. The van der Waals surface area contributed by atoms with Crippen molar-refractivity contribution in [1.29, 1.82) is 0 Å². The number of amides is 1. The molecule has 0 aliphatic carbocycles. The third-order valence-electron chi connectivity index (χ3n) is 4.08.